The Labute approximate surface area is 173 Å². The fourth-order valence-corrected chi connectivity index (χ4v) is 4.59. The molecule has 0 unspecified atom stereocenters. The average molecular weight is 419 g/mol. The third-order valence-electron chi connectivity index (χ3n) is 4.86. The number of hydrogen-bond donors (Lipinski definition) is 3. The smallest absolute Gasteiger partial charge is 0.291 e. The van der Waals surface area contributed by atoms with E-state index < -0.39 is 0 Å². The maximum atomic E-state index is 13.1. The van der Waals surface area contributed by atoms with Crippen LogP contribution in [0.2, 0.25) is 0 Å². The molecule has 0 aliphatic carbocycles. The van der Waals surface area contributed by atoms with E-state index in [2.05, 4.69) is 25.0 Å². The summed E-state index contributed by atoms with van der Waals surface area (Å²) in [6, 6.07) is 3.70. The Morgan fingerprint density at radius 3 is 3.07 bits per heavy atom. The first kappa shape index (κ1) is 18.2. The lowest BCUT2D eigenvalue weighted by atomic mass is 10.3. The molecule has 0 aliphatic rings. The topological polar surface area (TPSA) is 144 Å². The Morgan fingerprint density at radius 2 is 2.23 bits per heavy atom. The molecule has 0 bridgehead atoms. The van der Waals surface area contributed by atoms with E-state index >= 15 is 0 Å². The van der Waals surface area contributed by atoms with Crippen molar-refractivity contribution in [1.29, 1.82) is 5.41 Å². The zero-order valence-electron chi connectivity index (χ0n) is 16.0. The molecule has 0 aromatic carbocycles. The van der Waals surface area contributed by atoms with Crippen molar-refractivity contribution in [1.82, 2.24) is 34.3 Å². The standard InChI is InChI=1S/C19H17N9OS/c1-27-15-12(16-18(27)26-14(30-16)6-10(21)4-5-20)7-24-28(19(15)29)8-11-2-3-13-17(25-11)23-9-22-13/h2-5,7,9,21H,6,8,20H2,1H3,(H,22,23,25)/b5-4-,21-10?. The zero-order valence-corrected chi connectivity index (χ0v) is 16.8. The number of H-pyrrole nitrogens is 1. The normalized spacial score (nSPS) is 12.0. The molecule has 5 aromatic rings. The van der Waals surface area contributed by atoms with Crippen LogP contribution in [0.25, 0.3) is 32.4 Å². The van der Waals surface area contributed by atoms with E-state index in [4.69, 9.17) is 11.1 Å². The largest absolute Gasteiger partial charge is 0.405 e. The van der Waals surface area contributed by atoms with Gasteiger partial charge in [-0.15, -0.1) is 11.3 Å². The van der Waals surface area contributed by atoms with Gasteiger partial charge >= 0.3 is 0 Å². The maximum absolute atomic E-state index is 13.1. The highest BCUT2D eigenvalue weighted by Gasteiger charge is 2.18. The van der Waals surface area contributed by atoms with Crippen LogP contribution in [0.4, 0.5) is 0 Å². The first-order valence-electron chi connectivity index (χ1n) is 9.14. The highest BCUT2D eigenvalue weighted by molar-refractivity contribution is 7.19. The van der Waals surface area contributed by atoms with E-state index in [1.54, 1.807) is 23.2 Å². The second-order valence-corrected chi connectivity index (χ2v) is 7.91. The van der Waals surface area contributed by atoms with Crippen molar-refractivity contribution in [3.63, 3.8) is 0 Å². The summed E-state index contributed by atoms with van der Waals surface area (Å²) in [6.45, 7) is 0.254. The van der Waals surface area contributed by atoms with Crippen LogP contribution in [0.5, 0.6) is 0 Å². The average Bonchev–Trinajstić information content (AvgIpc) is 3.40. The lowest BCUT2D eigenvalue weighted by Gasteiger charge is -2.05. The number of fused-ring (bicyclic) bond motifs is 4. The van der Waals surface area contributed by atoms with Crippen LogP contribution in [-0.4, -0.2) is 40.0 Å². The van der Waals surface area contributed by atoms with Gasteiger partial charge in [-0.05, 0) is 24.4 Å². The van der Waals surface area contributed by atoms with Crippen molar-refractivity contribution in [3.8, 4) is 0 Å². The molecule has 0 fully saturated rings. The molecule has 10 nitrogen and oxygen atoms in total. The summed E-state index contributed by atoms with van der Waals surface area (Å²) >= 11 is 1.46. The predicted molar refractivity (Wildman–Crippen MR) is 116 cm³/mol. The number of hydrogen-bond acceptors (Lipinski definition) is 8. The Morgan fingerprint density at radius 1 is 1.37 bits per heavy atom. The first-order chi connectivity index (χ1) is 14.5. The second-order valence-electron chi connectivity index (χ2n) is 6.82. The highest BCUT2D eigenvalue weighted by Crippen LogP contribution is 2.31. The van der Waals surface area contributed by atoms with Gasteiger partial charge in [0.15, 0.2) is 11.3 Å². The summed E-state index contributed by atoms with van der Waals surface area (Å²) in [4.78, 5) is 29.4. The first-order valence-corrected chi connectivity index (χ1v) is 9.95. The van der Waals surface area contributed by atoms with Crippen molar-refractivity contribution in [2.75, 3.05) is 0 Å². The highest BCUT2D eigenvalue weighted by atomic mass is 32.1. The van der Waals surface area contributed by atoms with Gasteiger partial charge in [0, 0.05) is 24.6 Å². The summed E-state index contributed by atoms with van der Waals surface area (Å²) in [7, 11) is 1.82. The fraction of sp³-hybridized carbons (Fsp3) is 0.158. The van der Waals surface area contributed by atoms with Gasteiger partial charge in [-0.3, -0.25) is 4.79 Å². The number of aryl methyl sites for hydroxylation is 1. The third kappa shape index (κ3) is 2.87. The quantitative estimate of drug-likeness (QED) is 0.370. The van der Waals surface area contributed by atoms with Crippen molar-refractivity contribution in [3.05, 3.63) is 58.0 Å². The Balaban J connectivity index is 1.55. The van der Waals surface area contributed by atoms with Crippen LogP contribution in [0.1, 0.15) is 10.7 Å². The van der Waals surface area contributed by atoms with Gasteiger partial charge in [0.2, 0.25) is 0 Å². The molecule has 0 spiro atoms. The molecule has 5 heterocycles. The van der Waals surface area contributed by atoms with E-state index in [-0.39, 0.29) is 12.1 Å². The van der Waals surface area contributed by atoms with Gasteiger partial charge in [-0.25, -0.2) is 19.6 Å². The number of allylic oxidation sites excluding steroid dienone is 1. The summed E-state index contributed by atoms with van der Waals surface area (Å²) in [5.41, 5.74) is 8.94. The zero-order chi connectivity index (χ0) is 20.8. The van der Waals surface area contributed by atoms with E-state index in [0.29, 0.717) is 34.6 Å². The molecule has 30 heavy (non-hydrogen) atoms. The number of nitrogens with zero attached hydrogens (tertiary/aromatic N) is 6. The van der Waals surface area contributed by atoms with Gasteiger partial charge < -0.3 is 20.7 Å². The van der Waals surface area contributed by atoms with E-state index in [9.17, 15) is 4.79 Å². The van der Waals surface area contributed by atoms with Gasteiger partial charge in [0.05, 0.1) is 29.5 Å². The molecule has 5 aromatic heterocycles. The SMILES string of the molecule is Cn1c2nc(CC(=N)/C=C\N)sc2c2cnn(Cc3ccc4nc[nH]c4n3)c(=O)c21. The van der Waals surface area contributed by atoms with Crippen LogP contribution in [0, 0.1) is 5.41 Å². The number of aromatic amines is 1. The monoisotopic (exact) mass is 419 g/mol. The van der Waals surface area contributed by atoms with E-state index in [1.807, 2.05) is 19.2 Å². The number of nitrogens with two attached hydrogens (primary N) is 1. The predicted octanol–water partition coefficient (Wildman–Crippen LogP) is 1.70. The molecule has 0 amide bonds. The van der Waals surface area contributed by atoms with E-state index in [1.165, 1.54) is 22.2 Å². The lowest BCUT2D eigenvalue weighted by molar-refractivity contribution is 0.634. The number of imidazole rings is 1. The van der Waals surface area contributed by atoms with Crippen molar-refractivity contribution in [2.24, 2.45) is 12.8 Å². The molecule has 0 radical (unpaired) electrons. The minimum absolute atomic E-state index is 0.202. The minimum atomic E-state index is -0.202. The van der Waals surface area contributed by atoms with Gasteiger partial charge in [-0.2, -0.15) is 5.10 Å². The summed E-state index contributed by atoms with van der Waals surface area (Å²) < 4.78 is 4.08. The van der Waals surface area contributed by atoms with Crippen molar-refractivity contribution in [2.45, 2.75) is 13.0 Å². The van der Waals surface area contributed by atoms with Crippen molar-refractivity contribution >= 4 is 49.5 Å². The fourth-order valence-electron chi connectivity index (χ4n) is 3.47. The third-order valence-corrected chi connectivity index (χ3v) is 5.93. The molecule has 0 aliphatic heterocycles. The summed E-state index contributed by atoms with van der Waals surface area (Å²) in [5, 5.41) is 13.8. The Hall–Kier alpha value is -3.86. The van der Waals surface area contributed by atoms with Crippen molar-refractivity contribution < 1.29 is 0 Å². The maximum Gasteiger partial charge on any atom is 0.291 e. The lowest BCUT2D eigenvalue weighted by Crippen LogP contribution is -2.25. The Kier molecular flexibility index (Phi) is 4.17. The molecule has 0 atom stereocenters. The number of aromatic nitrogens is 7. The minimum Gasteiger partial charge on any atom is -0.405 e. The van der Waals surface area contributed by atoms with Crippen LogP contribution >= 0.6 is 11.3 Å². The molecule has 4 N–H and O–H groups in total. The number of pyridine rings is 1. The second kappa shape index (κ2) is 6.88. The molecule has 11 heteroatoms. The van der Waals surface area contributed by atoms with Gasteiger partial charge in [-0.1, -0.05) is 0 Å². The molecule has 0 saturated carbocycles. The van der Waals surface area contributed by atoms with Gasteiger partial charge in [0.25, 0.3) is 5.56 Å². The van der Waals surface area contributed by atoms with E-state index in [0.717, 1.165) is 20.6 Å². The number of thiazole rings is 1. The molecule has 5 rings (SSSR count). The summed E-state index contributed by atoms with van der Waals surface area (Å²) in [6.07, 6.45) is 6.56. The summed E-state index contributed by atoms with van der Waals surface area (Å²) in [5.74, 6) is 0. The molecule has 150 valence electrons. The van der Waals surface area contributed by atoms with Gasteiger partial charge in [0.1, 0.15) is 16.0 Å². The van der Waals surface area contributed by atoms with Crippen LogP contribution in [-0.2, 0) is 20.0 Å². The Bertz CT molecular complexity index is 1520. The number of rotatable bonds is 5. The molecule has 0 saturated heterocycles. The number of nitrogens with one attached hydrogen (secondary N) is 2. The van der Waals surface area contributed by atoms with Crippen LogP contribution < -0.4 is 11.3 Å². The molecular weight excluding hydrogens is 402 g/mol. The van der Waals surface area contributed by atoms with Crippen LogP contribution in [0.3, 0.4) is 0 Å². The molecular formula is C19H17N9OS. The van der Waals surface area contributed by atoms with Crippen LogP contribution in [0.15, 0.2) is 41.7 Å².